The van der Waals surface area contributed by atoms with Gasteiger partial charge in [-0.2, -0.15) is 0 Å². The summed E-state index contributed by atoms with van der Waals surface area (Å²) >= 11 is 0. The second kappa shape index (κ2) is 12.0. The number of piperidine rings is 1. The topological polar surface area (TPSA) is 90.0 Å². The van der Waals surface area contributed by atoms with E-state index in [1.165, 1.54) is 11.9 Å². The van der Waals surface area contributed by atoms with Crippen molar-refractivity contribution in [3.63, 3.8) is 0 Å². The number of amides is 3. The van der Waals surface area contributed by atoms with Gasteiger partial charge in [-0.25, -0.2) is 9.97 Å². The van der Waals surface area contributed by atoms with Gasteiger partial charge in [0.2, 0.25) is 11.8 Å². The highest BCUT2D eigenvalue weighted by atomic mass is 16.2. The summed E-state index contributed by atoms with van der Waals surface area (Å²) in [4.78, 5) is 55.4. The molecule has 1 aromatic carbocycles. The van der Waals surface area contributed by atoms with Gasteiger partial charge >= 0.3 is 0 Å². The van der Waals surface area contributed by atoms with Crippen LogP contribution >= 0.6 is 0 Å². The van der Waals surface area contributed by atoms with Gasteiger partial charge in [0.25, 0.3) is 5.91 Å². The Labute approximate surface area is 237 Å². The first-order valence-corrected chi connectivity index (χ1v) is 14.6. The molecule has 2 aromatic rings. The number of carbonyl (C=O) groups excluding carboxylic acids is 3. The van der Waals surface area contributed by atoms with Crippen LogP contribution in [-0.4, -0.2) is 94.7 Å². The van der Waals surface area contributed by atoms with E-state index in [1.54, 1.807) is 6.92 Å². The molecule has 0 radical (unpaired) electrons. The van der Waals surface area contributed by atoms with Crippen molar-refractivity contribution in [2.24, 2.45) is 17.8 Å². The van der Waals surface area contributed by atoms with Crippen LogP contribution in [0, 0.1) is 38.5 Å². The number of hydrogen-bond donors (Lipinski definition) is 0. The molecule has 3 aliphatic rings. The Morgan fingerprint density at radius 2 is 1.48 bits per heavy atom. The molecule has 3 aliphatic heterocycles. The molecule has 0 spiro atoms. The van der Waals surface area contributed by atoms with Crippen molar-refractivity contribution in [1.29, 1.82) is 0 Å². The summed E-state index contributed by atoms with van der Waals surface area (Å²) in [7, 11) is 0. The van der Waals surface area contributed by atoms with E-state index in [4.69, 9.17) is 0 Å². The fraction of sp³-hybridized carbons (Fsp3) is 0.581. The maximum atomic E-state index is 13.7. The molecule has 0 bridgehead atoms. The monoisotopic (exact) mass is 546 g/mol. The fourth-order valence-electron chi connectivity index (χ4n) is 6.70. The van der Waals surface area contributed by atoms with Crippen LogP contribution in [0.1, 0.15) is 53.5 Å². The van der Waals surface area contributed by atoms with Crippen LogP contribution in [0.15, 0.2) is 30.6 Å². The van der Waals surface area contributed by atoms with Crippen LogP contribution in [0.2, 0.25) is 0 Å². The highest BCUT2D eigenvalue weighted by Gasteiger charge is 2.42. The molecule has 214 valence electrons. The number of hydrogen-bond acceptors (Lipinski definition) is 6. The van der Waals surface area contributed by atoms with E-state index in [1.807, 2.05) is 40.7 Å². The first kappa shape index (κ1) is 28.2. The molecule has 2 unspecified atom stereocenters. The van der Waals surface area contributed by atoms with Crippen LogP contribution in [0.4, 0.5) is 5.69 Å². The lowest BCUT2D eigenvalue weighted by Crippen LogP contribution is -2.44. The average molecular weight is 547 g/mol. The van der Waals surface area contributed by atoms with Gasteiger partial charge in [0, 0.05) is 64.3 Å². The minimum atomic E-state index is -0.0474. The normalized spacial score (nSPS) is 21.5. The van der Waals surface area contributed by atoms with E-state index < -0.39 is 0 Å². The molecular weight excluding hydrogens is 504 g/mol. The molecule has 0 N–H and O–H groups in total. The van der Waals surface area contributed by atoms with Crippen molar-refractivity contribution < 1.29 is 14.4 Å². The highest BCUT2D eigenvalue weighted by Crippen LogP contribution is 2.32. The van der Waals surface area contributed by atoms with Crippen molar-refractivity contribution in [2.45, 2.75) is 47.0 Å². The molecular formula is C31H42N6O3. The van der Waals surface area contributed by atoms with Crippen LogP contribution in [0.25, 0.3) is 0 Å². The fourth-order valence-corrected chi connectivity index (χ4v) is 6.70. The third-order valence-corrected chi connectivity index (χ3v) is 9.05. The van der Waals surface area contributed by atoms with Crippen molar-refractivity contribution in [3.05, 3.63) is 53.1 Å². The number of aromatic nitrogens is 2. The molecule has 4 heterocycles. The summed E-state index contributed by atoms with van der Waals surface area (Å²) in [6, 6.07) is 8.22. The minimum Gasteiger partial charge on any atom is -0.343 e. The van der Waals surface area contributed by atoms with Crippen molar-refractivity contribution in [1.82, 2.24) is 24.7 Å². The summed E-state index contributed by atoms with van der Waals surface area (Å²) in [6.07, 6.45) is 3.86. The van der Waals surface area contributed by atoms with Crippen LogP contribution in [-0.2, 0) is 9.59 Å². The van der Waals surface area contributed by atoms with E-state index in [0.29, 0.717) is 37.0 Å². The molecule has 3 amide bonds. The third kappa shape index (κ3) is 6.04. The lowest BCUT2D eigenvalue weighted by atomic mass is 9.94. The summed E-state index contributed by atoms with van der Waals surface area (Å²) in [5, 5.41) is 0. The number of fused-ring (bicyclic) bond motifs is 1. The third-order valence-electron chi connectivity index (χ3n) is 9.05. The number of benzene rings is 1. The molecule has 5 rings (SSSR count). The average Bonchev–Trinajstić information content (AvgIpc) is 3.50. The zero-order valence-corrected chi connectivity index (χ0v) is 24.3. The number of carbonyl (C=O) groups is 3. The lowest BCUT2D eigenvalue weighted by molar-refractivity contribution is -0.133. The summed E-state index contributed by atoms with van der Waals surface area (Å²) < 4.78 is 0. The van der Waals surface area contributed by atoms with Gasteiger partial charge in [0.1, 0.15) is 6.33 Å². The molecule has 0 saturated carbocycles. The molecule has 2 atom stereocenters. The number of rotatable bonds is 7. The molecule has 3 saturated heterocycles. The zero-order chi connectivity index (χ0) is 28.4. The maximum absolute atomic E-state index is 13.7. The summed E-state index contributed by atoms with van der Waals surface area (Å²) in [6.45, 7) is 13.9. The van der Waals surface area contributed by atoms with Crippen molar-refractivity contribution >= 4 is 23.4 Å². The molecule has 1 aromatic heterocycles. The second-order valence-corrected chi connectivity index (χ2v) is 11.9. The molecule has 9 heteroatoms. The first-order chi connectivity index (χ1) is 19.2. The maximum Gasteiger partial charge on any atom is 0.257 e. The van der Waals surface area contributed by atoms with Gasteiger partial charge in [-0.1, -0.05) is 17.7 Å². The van der Waals surface area contributed by atoms with Gasteiger partial charge in [0.15, 0.2) is 0 Å². The Morgan fingerprint density at radius 1 is 0.875 bits per heavy atom. The number of likely N-dealkylation sites (tertiary alicyclic amines) is 3. The number of anilines is 1. The van der Waals surface area contributed by atoms with E-state index in [2.05, 4.69) is 33.9 Å². The molecule has 40 heavy (non-hydrogen) atoms. The minimum absolute atomic E-state index is 0.0474. The Balaban J connectivity index is 1.15. The smallest absolute Gasteiger partial charge is 0.257 e. The summed E-state index contributed by atoms with van der Waals surface area (Å²) in [5.74, 6) is 1.23. The Hall–Kier alpha value is -3.33. The molecule has 9 nitrogen and oxygen atoms in total. The van der Waals surface area contributed by atoms with Crippen LogP contribution < -0.4 is 4.90 Å². The zero-order valence-electron chi connectivity index (χ0n) is 24.3. The Morgan fingerprint density at radius 3 is 2.05 bits per heavy atom. The standard InChI is InChI=1S/C31H42N6O3/c1-21-6-8-28(9-7-21)37(30(39)25-10-14-35(15-11-25)24(4)38)13-5-12-34-16-26-18-36(19-27(26)17-34)31(40)29-22(2)32-20-33-23(29)3/h6-9,20,25-27H,5,10-19H2,1-4H3. The Bertz CT molecular complexity index is 1210. The lowest BCUT2D eigenvalue weighted by Gasteiger charge is -2.34. The predicted molar refractivity (Wildman–Crippen MR) is 154 cm³/mol. The predicted octanol–water partition coefficient (Wildman–Crippen LogP) is 3.09. The number of nitrogens with zero attached hydrogens (tertiary/aromatic N) is 6. The Kier molecular flexibility index (Phi) is 8.49. The van der Waals surface area contributed by atoms with Gasteiger partial charge in [-0.05, 0) is 70.5 Å². The van der Waals surface area contributed by atoms with E-state index in [9.17, 15) is 14.4 Å². The molecule has 0 aliphatic carbocycles. The summed E-state index contributed by atoms with van der Waals surface area (Å²) in [5.41, 5.74) is 4.26. The van der Waals surface area contributed by atoms with Crippen LogP contribution in [0.5, 0.6) is 0 Å². The molecule has 3 fully saturated rings. The van der Waals surface area contributed by atoms with E-state index >= 15 is 0 Å². The van der Waals surface area contributed by atoms with Gasteiger partial charge in [-0.3, -0.25) is 14.4 Å². The quantitative estimate of drug-likeness (QED) is 0.530. The number of aryl methyl sites for hydroxylation is 3. The van der Waals surface area contributed by atoms with E-state index in [0.717, 1.165) is 69.1 Å². The highest BCUT2D eigenvalue weighted by molar-refractivity contribution is 5.96. The second-order valence-electron chi connectivity index (χ2n) is 11.9. The van der Waals surface area contributed by atoms with Gasteiger partial charge in [0.05, 0.1) is 17.0 Å². The van der Waals surface area contributed by atoms with Gasteiger partial charge < -0.3 is 19.6 Å². The largest absolute Gasteiger partial charge is 0.343 e. The first-order valence-electron chi connectivity index (χ1n) is 14.6. The van der Waals surface area contributed by atoms with Gasteiger partial charge in [-0.15, -0.1) is 0 Å². The van der Waals surface area contributed by atoms with Crippen LogP contribution in [0.3, 0.4) is 0 Å². The van der Waals surface area contributed by atoms with Crippen molar-refractivity contribution in [2.75, 3.05) is 57.3 Å². The van der Waals surface area contributed by atoms with Crippen molar-refractivity contribution in [3.8, 4) is 0 Å². The van der Waals surface area contributed by atoms with E-state index in [-0.39, 0.29) is 23.6 Å². The SMILES string of the molecule is CC(=O)N1CCC(C(=O)N(CCCN2CC3CN(C(=O)c4c(C)ncnc4C)CC3C2)c2ccc(C)cc2)CC1.